The normalized spacial score (nSPS) is 12.7. The van der Waals surface area contributed by atoms with Crippen LogP contribution >= 0.6 is 31.9 Å². The Balaban J connectivity index is 2.32. The van der Waals surface area contributed by atoms with Crippen LogP contribution in [0.15, 0.2) is 38.6 Å². The number of unbranched alkanes of at least 4 members (excludes halogenated alkanes) is 2. The van der Waals surface area contributed by atoms with E-state index >= 15 is 0 Å². The van der Waals surface area contributed by atoms with Crippen molar-refractivity contribution in [2.45, 2.75) is 37.5 Å². The zero-order valence-corrected chi connectivity index (χ0v) is 15.3. The van der Waals surface area contributed by atoms with Gasteiger partial charge < -0.3 is 0 Å². The lowest BCUT2D eigenvalue weighted by molar-refractivity contribution is 0.307. The average Bonchev–Trinajstić information content (AvgIpc) is 2.42. The second-order valence-corrected chi connectivity index (χ2v) is 7.55. The fourth-order valence-corrected chi connectivity index (χ4v) is 3.02. The monoisotopic (exact) mass is 424 g/mol. The molecule has 0 spiro atoms. The van der Waals surface area contributed by atoms with Crippen LogP contribution in [0.1, 0.15) is 31.2 Å². The largest absolute Gasteiger partial charge is 0.296 e. The molecule has 1 aromatic rings. The van der Waals surface area contributed by atoms with E-state index in [1.165, 1.54) is 0 Å². The Morgan fingerprint density at radius 3 is 2.45 bits per heavy atom. The maximum atomic E-state index is 11.9. The summed E-state index contributed by atoms with van der Waals surface area (Å²) in [6, 6.07) is 6.67. The van der Waals surface area contributed by atoms with Crippen molar-refractivity contribution in [3.8, 4) is 0 Å². The highest BCUT2D eigenvalue weighted by Gasteiger charge is 2.14. The molecular formula is C14H18Br2O3S. The van der Waals surface area contributed by atoms with Gasteiger partial charge >= 0.3 is 0 Å². The molecule has 0 amide bonds. The molecule has 0 N–H and O–H groups in total. The van der Waals surface area contributed by atoms with Crippen LogP contribution < -0.4 is 0 Å². The zero-order valence-electron chi connectivity index (χ0n) is 11.3. The molecular weight excluding hydrogens is 408 g/mol. The van der Waals surface area contributed by atoms with Crippen molar-refractivity contribution in [1.29, 1.82) is 0 Å². The fraction of sp³-hybridized carbons (Fsp3) is 0.429. The lowest BCUT2D eigenvalue weighted by Gasteiger charge is -2.06. The second kappa shape index (κ2) is 8.97. The lowest BCUT2D eigenvalue weighted by atomic mass is 10.2. The van der Waals surface area contributed by atoms with Gasteiger partial charge in [0, 0.05) is 4.48 Å². The van der Waals surface area contributed by atoms with E-state index in [1.807, 2.05) is 11.9 Å². The second-order valence-electron chi connectivity index (χ2n) is 4.46. The molecule has 1 aromatic carbocycles. The van der Waals surface area contributed by atoms with Gasteiger partial charge in [0.15, 0.2) is 0 Å². The molecule has 0 saturated carbocycles. The summed E-state index contributed by atoms with van der Waals surface area (Å²) in [5.74, 6) is 0. The molecule has 0 unspecified atom stereocenters. The van der Waals surface area contributed by atoms with E-state index in [9.17, 15) is 8.42 Å². The first-order valence-corrected chi connectivity index (χ1v) is 9.48. The average molecular weight is 426 g/mol. The van der Waals surface area contributed by atoms with E-state index in [0.717, 1.165) is 35.7 Å². The van der Waals surface area contributed by atoms with Gasteiger partial charge in [0.25, 0.3) is 10.1 Å². The van der Waals surface area contributed by atoms with Gasteiger partial charge in [0.05, 0.1) is 11.5 Å². The molecule has 1 rings (SSSR count). The van der Waals surface area contributed by atoms with E-state index < -0.39 is 10.1 Å². The highest BCUT2D eigenvalue weighted by molar-refractivity contribution is 9.14. The Kier molecular flexibility index (Phi) is 8.02. The summed E-state index contributed by atoms with van der Waals surface area (Å²) in [7, 11) is -3.61. The first kappa shape index (κ1) is 17.9. The van der Waals surface area contributed by atoms with E-state index in [0.29, 0.717) is 0 Å². The first-order chi connectivity index (χ1) is 9.45. The third-order valence-electron chi connectivity index (χ3n) is 2.73. The van der Waals surface area contributed by atoms with Gasteiger partial charge in [0.1, 0.15) is 0 Å². The zero-order chi connectivity index (χ0) is 15.0. The smallest absolute Gasteiger partial charge is 0.266 e. The number of hydrogen-bond acceptors (Lipinski definition) is 3. The Bertz CT molecular complexity index is 536. The van der Waals surface area contributed by atoms with Crippen LogP contribution in [0, 0.1) is 6.92 Å². The topological polar surface area (TPSA) is 43.4 Å². The Labute approximate surface area is 137 Å². The maximum absolute atomic E-state index is 11.9. The van der Waals surface area contributed by atoms with Gasteiger partial charge in [-0.05, 0) is 43.3 Å². The van der Waals surface area contributed by atoms with Gasteiger partial charge in [-0.15, -0.1) is 0 Å². The van der Waals surface area contributed by atoms with Gasteiger partial charge in [-0.3, -0.25) is 4.18 Å². The van der Waals surface area contributed by atoms with Crippen LogP contribution in [-0.2, 0) is 14.3 Å². The number of halogens is 2. The molecule has 0 bridgehead atoms. The molecule has 0 aliphatic rings. The van der Waals surface area contributed by atoms with Crippen molar-refractivity contribution in [2.24, 2.45) is 0 Å². The summed E-state index contributed by atoms with van der Waals surface area (Å²) < 4.78 is 29.9. The molecule has 0 radical (unpaired) electrons. The first-order valence-electron chi connectivity index (χ1n) is 6.36. The number of allylic oxidation sites excluding steroid dienone is 1. The Morgan fingerprint density at radius 1 is 1.20 bits per heavy atom. The quantitative estimate of drug-likeness (QED) is 0.439. The Hall–Kier alpha value is -0.170. The predicted octanol–water partition coefficient (Wildman–Crippen LogP) is 4.89. The lowest BCUT2D eigenvalue weighted by Crippen LogP contribution is -2.07. The SMILES string of the molecule is Cc1ccc(S(=O)(=O)OCCCCCC(Br)=CBr)cc1. The molecule has 0 heterocycles. The van der Waals surface area contributed by atoms with E-state index in [2.05, 4.69) is 31.9 Å². The van der Waals surface area contributed by atoms with Gasteiger partial charge in [0.2, 0.25) is 0 Å². The molecule has 20 heavy (non-hydrogen) atoms. The van der Waals surface area contributed by atoms with Gasteiger partial charge in [-0.2, -0.15) is 8.42 Å². The van der Waals surface area contributed by atoms with Crippen molar-refractivity contribution < 1.29 is 12.6 Å². The summed E-state index contributed by atoms with van der Waals surface area (Å²) in [5, 5.41) is 0. The molecule has 112 valence electrons. The maximum Gasteiger partial charge on any atom is 0.296 e. The van der Waals surface area contributed by atoms with Crippen LogP contribution in [0.2, 0.25) is 0 Å². The van der Waals surface area contributed by atoms with E-state index in [-0.39, 0.29) is 11.5 Å². The number of benzene rings is 1. The fourth-order valence-electron chi connectivity index (χ4n) is 1.57. The van der Waals surface area contributed by atoms with Crippen LogP contribution in [0.3, 0.4) is 0 Å². The third kappa shape index (κ3) is 6.52. The molecule has 0 aromatic heterocycles. The molecule has 0 fully saturated rings. The summed E-state index contributed by atoms with van der Waals surface area (Å²) in [6.07, 6.45) is 3.60. The minimum atomic E-state index is -3.61. The van der Waals surface area contributed by atoms with E-state index in [4.69, 9.17) is 4.18 Å². The molecule has 0 aliphatic carbocycles. The summed E-state index contributed by atoms with van der Waals surface area (Å²) in [5.41, 5.74) is 1.02. The van der Waals surface area contributed by atoms with Gasteiger partial charge in [-0.1, -0.05) is 56.0 Å². The third-order valence-corrected chi connectivity index (χ3v) is 5.85. The van der Waals surface area contributed by atoms with E-state index in [1.54, 1.807) is 24.3 Å². The summed E-state index contributed by atoms with van der Waals surface area (Å²) in [6.45, 7) is 2.14. The number of hydrogen-bond donors (Lipinski definition) is 0. The molecule has 3 nitrogen and oxygen atoms in total. The Morgan fingerprint density at radius 2 is 1.85 bits per heavy atom. The molecule has 0 atom stereocenters. The van der Waals surface area contributed by atoms with Crippen molar-refractivity contribution in [1.82, 2.24) is 0 Å². The van der Waals surface area contributed by atoms with Crippen LogP contribution in [0.4, 0.5) is 0 Å². The molecule has 0 aliphatic heterocycles. The van der Waals surface area contributed by atoms with Crippen LogP contribution in [0.5, 0.6) is 0 Å². The highest BCUT2D eigenvalue weighted by atomic mass is 79.9. The van der Waals surface area contributed by atoms with Crippen molar-refractivity contribution >= 4 is 42.0 Å². The van der Waals surface area contributed by atoms with Crippen LogP contribution in [0.25, 0.3) is 0 Å². The predicted molar refractivity (Wildman–Crippen MR) is 88.7 cm³/mol. The van der Waals surface area contributed by atoms with Crippen molar-refractivity contribution in [3.63, 3.8) is 0 Å². The number of rotatable bonds is 8. The van der Waals surface area contributed by atoms with Crippen LogP contribution in [-0.4, -0.2) is 15.0 Å². The molecule has 0 saturated heterocycles. The molecule has 6 heteroatoms. The van der Waals surface area contributed by atoms with Crippen molar-refractivity contribution in [3.05, 3.63) is 39.3 Å². The highest BCUT2D eigenvalue weighted by Crippen LogP contribution is 2.17. The standard InChI is InChI=1S/C14H18Br2O3S/c1-12-6-8-14(9-7-12)20(17,18)19-10-4-2-3-5-13(16)11-15/h6-9,11H,2-5,10H2,1H3. The van der Waals surface area contributed by atoms with Gasteiger partial charge in [-0.25, -0.2) is 0 Å². The van der Waals surface area contributed by atoms with Crippen molar-refractivity contribution in [2.75, 3.05) is 6.61 Å². The minimum Gasteiger partial charge on any atom is -0.266 e. The minimum absolute atomic E-state index is 0.216. The summed E-state index contributed by atoms with van der Waals surface area (Å²) >= 11 is 6.64. The number of aryl methyl sites for hydroxylation is 1. The summed E-state index contributed by atoms with van der Waals surface area (Å²) in [4.78, 5) is 2.05.